The van der Waals surface area contributed by atoms with Gasteiger partial charge in [-0.25, -0.2) is 9.97 Å². The van der Waals surface area contributed by atoms with Crippen LogP contribution in [0.3, 0.4) is 0 Å². The molecule has 4 nitrogen and oxygen atoms in total. The molecule has 0 saturated carbocycles. The van der Waals surface area contributed by atoms with Crippen LogP contribution < -0.4 is 0 Å². The molecule has 47 heavy (non-hydrogen) atoms. The second-order valence-corrected chi connectivity index (χ2v) is 11.7. The number of hydrogen-bond acceptors (Lipinski definition) is 4. The van der Waals surface area contributed by atoms with Gasteiger partial charge in [0.05, 0.1) is 11.4 Å². The smallest absolute Gasteiger partial charge is 0.161 e. The van der Waals surface area contributed by atoms with Gasteiger partial charge < -0.3 is 4.42 Å². The van der Waals surface area contributed by atoms with Gasteiger partial charge in [-0.05, 0) is 69.9 Å². The summed E-state index contributed by atoms with van der Waals surface area (Å²) in [6.45, 7) is 0. The summed E-state index contributed by atoms with van der Waals surface area (Å²) in [5, 5.41) is 4.62. The minimum Gasteiger partial charge on any atom is -0.456 e. The summed E-state index contributed by atoms with van der Waals surface area (Å²) in [6.07, 6.45) is 3.67. The molecule has 0 radical (unpaired) electrons. The van der Waals surface area contributed by atoms with Crippen molar-refractivity contribution >= 4 is 32.7 Å². The van der Waals surface area contributed by atoms with Gasteiger partial charge in [-0.1, -0.05) is 109 Å². The zero-order chi connectivity index (χ0) is 31.2. The van der Waals surface area contributed by atoms with E-state index in [-0.39, 0.29) is 0 Å². The van der Waals surface area contributed by atoms with Crippen LogP contribution in [0.25, 0.3) is 88.9 Å². The monoisotopic (exact) mass is 601 g/mol. The molecular formula is C43H27N3O. The fourth-order valence-electron chi connectivity index (χ4n) is 6.40. The third-order valence-electron chi connectivity index (χ3n) is 8.80. The molecule has 3 heterocycles. The van der Waals surface area contributed by atoms with Gasteiger partial charge in [0.1, 0.15) is 11.2 Å². The third kappa shape index (κ3) is 4.93. The van der Waals surface area contributed by atoms with E-state index in [9.17, 15) is 0 Å². The predicted octanol–water partition coefficient (Wildman–Crippen LogP) is 11.3. The van der Waals surface area contributed by atoms with Crippen molar-refractivity contribution in [3.05, 3.63) is 164 Å². The molecule has 0 aliphatic carbocycles. The van der Waals surface area contributed by atoms with E-state index in [4.69, 9.17) is 14.4 Å². The lowest BCUT2D eigenvalue weighted by Crippen LogP contribution is -1.97. The number of pyridine rings is 1. The second-order valence-electron chi connectivity index (χ2n) is 11.7. The fraction of sp³-hybridized carbons (Fsp3) is 0. The van der Waals surface area contributed by atoms with E-state index in [1.165, 1.54) is 16.3 Å². The van der Waals surface area contributed by atoms with Crippen molar-refractivity contribution in [1.29, 1.82) is 0 Å². The first kappa shape index (κ1) is 27.0. The zero-order valence-electron chi connectivity index (χ0n) is 25.3. The van der Waals surface area contributed by atoms with Gasteiger partial charge >= 0.3 is 0 Å². The summed E-state index contributed by atoms with van der Waals surface area (Å²) in [5.41, 5.74) is 10.8. The molecule has 0 aliphatic heterocycles. The Morgan fingerprint density at radius 3 is 1.94 bits per heavy atom. The van der Waals surface area contributed by atoms with Crippen LogP contribution in [-0.2, 0) is 0 Å². The summed E-state index contributed by atoms with van der Waals surface area (Å²) < 4.78 is 6.13. The normalized spacial score (nSPS) is 11.4. The van der Waals surface area contributed by atoms with Crippen molar-refractivity contribution in [2.75, 3.05) is 0 Å². The lowest BCUT2D eigenvalue weighted by molar-refractivity contribution is 0.669. The Morgan fingerprint density at radius 2 is 1.09 bits per heavy atom. The Morgan fingerprint density at radius 1 is 0.404 bits per heavy atom. The van der Waals surface area contributed by atoms with Crippen LogP contribution in [0.15, 0.2) is 168 Å². The lowest BCUT2D eigenvalue weighted by Gasteiger charge is -2.13. The summed E-state index contributed by atoms with van der Waals surface area (Å²) in [4.78, 5) is 14.7. The highest BCUT2D eigenvalue weighted by atomic mass is 16.3. The van der Waals surface area contributed by atoms with Crippen LogP contribution in [0.2, 0.25) is 0 Å². The molecule has 0 fully saturated rings. The number of aromatic nitrogens is 3. The lowest BCUT2D eigenvalue weighted by atomic mass is 9.98. The van der Waals surface area contributed by atoms with E-state index >= 15 is 0 Å². The van der Waals surface area contributed by atoms with E-state index in [2.05, 4.69) is 114 Å². The summed E-state index contributed by atoms with van der Waals surface area (Å²) >= 11 is 0. The first-order valence-corrected chi connectivity index (χ1v) is 15.7. The van der Waals surface area contributed by atoms with Crippen LogP contribution in [0.4, 0.5) is 0 Å². The van der Waals surface area contributed by atoms with Gasteiger partial charge in [0, 0.05) is 45.4 Å². The van der Waals surface area contributed by atoms with Crippen molar-refractivity contribution in [2.24, 2.45) is 0 Å². The quantitative estimate of drug-likeness (QED) is 0.197. The second kappa shape index (κ2) is 11.2. The largest absolute Gasteiger partial charge is 0.456 e. The third-order valence-corrected chi connectivity index (χ3v) is 8.80. The number of nitrogens with zero attached hydrogens (tertiary/aromatic N) is 3. The van der Waals surface area contributed by atoms with Gasteiger partial charge in [0.2, 0.25) is 0 Å². The van der Waals surface area contributed by atoms with Crippen LogP contribution in [0, 0.1) is 0 Å². The van der Waals surface area contributed by atoms with Crippen LogP contribution >= 0.6 is 0 Å². The van der Waals surface area contributed by atoms with Crippen LogP contribution in [-0.4, -0.2) is 15.0 Å². The van der Waals surface area contributed by atoms with E-state index in [0.717, 1.165) is 66.7 Å². The maximum atomic E-state index is 6.13. The summed E-state index contributed by atoms with van der Waals surface area (Å²) in [6, 6.07) is 52.5. The summed E-state index contributed by atoms with van der Waals surface area (Å²) in [7, 11) is 0. The minimum absolute atomic E-state index is 0.660. The molecule has 220 valence electrons. The first-order chi connectivity index (χ1) is 23.3. The number of hydrogen-bond donors (Lipinski definition) is 0. The van der Waals surface area contributed by atoms with Crippen molar-refractivity contribution in [3.8, 4) is 56.2 Å². The van der Waals surface area contributed by atoms with Crippen molar-refractivity contribution in [3.63, 3.8) is 0 Å². The molecule has 9 rings (SSSR count). The highest BCUT2D eigenvalue weighted by molar-refractivity contribution is 6.06. The van der Waals surface area contributed by atoms with Crippen LogP contribution in [0.5, 0.6) is 0 Å². The molecule has 0 saturated heterocycles. The molecule has 0 spiro atoms. The standard InChI is InChI=1S/C43H27N3O/c1-2-9-31-24-32(20-17-28(31)8-1)29-15-18-30(19-16-29)39-26-40(33-21-22-42-38(25-33)36-12-5-6-14-41(36)47-42)46-43(45-39)37-13-4-3-11-35(37)34-10-7-23-44-27-34/h1-27H. The average Bonchev–Trinajstić information content (AvgIpc) is 3.53. The number of fused-ring (bicyclic) bond motifs is 4. The van der Waals surface area contributed by atoms with Crippen molar-refractivity contribution < 1.29 is 4.42 Å². The first-order valence-electron chi connectivity index (χ1n) is 15.7. The number of para-hydroxylation sites is 1. The van der Waals surface area contributed by atoms with E-state index in [1.54, 1.807) is 6.20 Å². The molecule has 0 atom stereocenters. The van der Waals surface area contributed by atoms with Gasteiger partial charge in [0.15, 0.2) is 5.82 Å². The maximum absolute atomic E-state index is 6.13. The number of rotatable bonds is 5. The Hall–Kier alpha value is -6.39. The molecule has 0 N–H and O–H groups in total. The van der Waals surface area contributed by atoms with E-state index in [0.29, 0.717) is 5.82 Å². The van der Waals surface area contributed by atoms with Gasteiger partial charge in [-0.15, -0.1) is 0 Å². The molecule has 0 aliphatic rings. The van der Waals surface area contributed by atoms with Gasteiger partial charge in [0.25, 0.3) is 0 Å². The molecule has 0 amide bonds. The summed E-state index contributed by atoms with van der Waals surface area (Å²) in [5.74, 6) is 0.660. The molecule has 4 heteroatoms. The highest BCUT2D eigenvalue weighted by Gasteiger charge is 2.16. The molecule has 6 aromatic carbocycles. The van der Waals surface area contributed by atoms with Crippen molar-refractivity contribution in [1.82, 2.24) is 15.0 Å². The van der Waals surface area contributed by atoms with Crippen molar-refractivity contribution in [2.45, 2.75) is 0 Å². The van der Waals surface area contributed by atoms with Crippen LogP contribution in [0.1, 0.15) is 0 Å². The number of benzene rings is 6. The topological polar surface area (TPSA) is 51.8 Å². The molecule has 3 aromatic heterocycles. The molecule has 0 unspecified atom stereocenters. The Bertz CT molecular complexity index is 2570. The number of furan rings is 1. The maximum Gasteiger partial charge on any atom is 0.161 e. The zero-order valence-corrected chi connectivity index (χ0v) is 25.3. The van der Waals surface area contributed by atoms with Gasteiger partial charge in [-0.2, -0.15) is 0 Å². The molecule has 0 bridgehead atoms. The van der Waals surface area contributed by atoms with Gasteiger partial charge in [-0.3, -0.25) is 4.98 Å². The fourth-order valence-corrected chi connectivity index (χ4v) is 6.40. The Balaban J connectivity index is 1.20. The van der Waals surface area contributed by atoms with E-state index in [1.807, 2.05) is 48.7 Å². The minimum atomic E-state index is 0.660. The SMILES string of the molecule is c1cncc(-c2ccccc2-c2nc(-c3ccc(-c4ccc5ccccc5c4)cc3)cc(-c3ccc4oc5ccccc5c4c3)n2)c1. The predicted molar refractivity (Wildman–Crippen MR) is 192 cm³/mol. The molecular weight excluding hydrogens is 574 g/mol. The Labute approximate surface area is 271 Å². The Kier molecular flexibility index (Phi) is 6.43. The highest BCUT2D eigenvalue weighted by Crippen LogP contribution is 2.36. The molecule has 9 aromatic rings. The average molecular weight is 602 g/mol. The van der Waals surface area contributed by atoms with E-state index < -0.39 is 0 Å².